The van der Waals surface area contributed by atoms with Crippen molar-refractivity contribution < 1.29 is 4.79 Å². The van der Waals surface area contributed by atoms with Crippen LogP contribution in [0.5, 0.6) is 0 Å². The lowest BCUT2D eigenvalue weighted by atomic mass is 9.78. The van der Waals surface area contributed by atoms with Crippen molar-refractivity contribution in [1.29, 1.82) is 0 Å². The smallest absolute Gasteiger partial charge is 0.185 e. The number of carbonyl (C=O) groups excluding carboxylic acids is 1. The molecule has 0 fully saturated rings. The standard InChI is InChI=1S/C18H20N2O/c1-13-10-14(11-16(17(13)21)18(2,3)4)12-19-20-15-8-6-5-7-9-15/h5-12H,1-4H3/b14-12-,20-19?. The lowest BCUT2D eigenvalue weighted by Crippen LogP contribution is -2.21. The number of ketones is 1. The van der Waals surface area contributed by atoms with Crippen LogP contribution in [0.25, 0.3) is 0 Å². The van der Waals surface area contributed by atoms with Crippen LogP contribution in [0.1, 0.15) is 27.7 Å². The summed E-state index contributed by atoms with van der Waals surface area (Å²) < 4.78 is 0. The highest BCUT2D eigenvalue weighted by atomic mass is 16.1. The van der Waals surface area contributed by atoms with E-state index in [0.29, 0.717) is 0 Å². The van der Waals surface area contributed by atoms with Crippen molar-refractivity contribution in [3.63, 3.8) is 0 Å². The molecule has 0 aliphatic heterocycles. The van der Waals surface area contributed by atoms with Crippen molar-refractivity contribution in [2.75, 3.05) is 0 Å². The molecule has 21 heavy (non-hydrogen) atoms. The fraction of sp³-hybridized carbons (Fsp3) is 0.278. The summed E-state index contributed by atoms with van der Waals surface area (Å²) in [6, 6.07) is 9.56. The van der Waals surface area contributed by atoms with Gasteiger partial charge < -0.3 is 0 Å². The second kappa shape index (κ2) is 6.00. The van der Waals surface area contributed by atoms with Crippen molar-refractivity contribution in [1.82, 2.24) is 0 Å². The van der Waals surface area contributed by atoms with E-state index in [1.54, 1.807) is 6.20 Å². The normalized spacial score (nSPS) is 18.1. The Bertz CT molecular complexity index is 656. The van der Waals surface area contributed by atoms with Gasteiger partial charge in [0.05, 0.1) is 11.9 Å². The Labute approximate surface area is 125 Å². The molecule has 0 aromatic heterocycles. The van der Waals surface area contributed by atoms with E-state index >= 15 is 0 Å². The summed E-state index contributed by atoms with van der Waals surface area (Å²) >= 11 is 0. The van der Waals surface area contributed by atoms with Crippen LogP contribution in [0.3, 0.4) is 0 Å². The zero-order valence-electron chi connectivity index (χ0n) is 12.9. The fourth-order valence-corrected chi connectivity index (χ4v) is 2.09. The predicted molar refractivity (Wildman–Crippen MR) is 85.3 cm³/mol. The highest BCUT2D eigenvalue weighted by molar-refractivity contribution is 6.10. The van der Waals surface area contributed by atoms with E-state index in [2.05, 4.69) is 10.2 Å². The van der Waals surface area contributed by atoms with Crippen molar-refractivity contribution >= 4 is 11.5 Å². The van der Waals surface area contributed by atoms with E-state index in [0.717, 1.165) is 22.4 Å². The van der Waals surface area contributed by atoms with Gasteiger partial charge in [0.1, 0.15) is 0 Å². The molecule has 0 unspecified atom stereocenters. The molecule has 1 aliphatic rings. The van der Waals surface area contributed by atoms with Crippen LogP contribution in [0.2, 0.25) is 0 Å². The Hall–Kier alpha value is -2.29. The monoisotopic (exact) mass is 280 g/mol. The van der Waals surface area contributed by atoms with E-state index < -0.39 is 0 Å². The maximum atomic E-state index is 12.2. The van der Waals surface area contributed by atoms with E-state index in [1.807, 2.05) is 70.2 Å². The highest BCUT2D eigenvalue weighted by Gasteiger charge is 2.27. The molecule has 0 N–H and O–H groups in total. The molecule has 0 amide bonds. The number of carbonyl (C=O) groups is 1. The molecule has 3 nitrogen and oxygen atoms in total. The van der Waals surface area contributed by atoms with Gasteiger partial charge >= 0.3 is 0 Å². The van der Waals surface area contributed by atoms with Crippen LogP contribution in [0.4, 0.5) is 5.69 Å². The molecule has 3 heteroatoms. The van der Waals surface area contributed by atoms with E-state index in [-0.39, 0.29) is 11.2 Å². The van der Waals surface area contributed by atoms with Crippen molar-refractivity contribution in [3.8, 4) is 0 Å². The van der Waals surface area contributed by atoms with Crippen molar-refractivity contribution in [3.05, 3.63) is 65.4 Å². The van der Waals surface area contributed by atoms with Gasteiger partial charge in [0.15, 0.2) is 5.78 Å². The fourth-order valence-electron chi connectivity index (χ4n) is 2.09. The third kappa shape index (κ3) is 3.85. The molecule has 1 aromatic carbocycles. The third-order valence-corrected chi connectivity index (χ3v) is 3.24. The summed E-state index contributed by atoms with van der Waals surface area (Å²) in [6.07, 6.45) is 5.44. The van der Waals surface area contributed by atoms with Crippen LogP contribution in [0, 0.1) is 5.41 Å². The minimum absolute atomic E-state index is 0.111. The predicted octanol–water partition coefficient (Wildman–Crippen LogP) is 5.16. The van der Waals surface area contributed by atoms with E-state index in [4.69, 9.17) is 0 Å². The summed E-state index contributed by atoms with van der Waals surface area (Å²) in [5.41, 5.74) is 3.08. The van der Waals surface area contributed by atoms with Crippen molar-refractivity contribution in [2.24, 2.45) is 15.6 Å². The topological polar surface area (TPSA) is 41.8 Å². The number of rotatable bonds is 2. The first-order valence-electron chi connectivity index (χ1n) is 6.99. The minimum Gasteiger partial charge on any atom is -0.289 e. The molecule has 0 radical (unpaired) electrons. The lowest BCUT2D eigenvalue weighted by molar-refractivity contribution is -0.113. The molecule has 0 saturated carbocycles. The molecule has 0 atom stereocenters. The molecular formula is C18H20N2O. The Morgan fingerprint density at radius 3 is 2.33 bits per heavy atom. The second-order valence-electron chi connectivity index (χ2n) is 6.14. The molecular weight excluding hydrogens is 260 g/mol. The Kier molecular flexibility index (Phi) is 4.32. The number of benzene rings is 1. The summed E-state index contributed by atoms with van der Waals surface area (Å²) in [4.78, 5) is 12.2. The summed E-state index contributed by atoms with van der Waals surface area (Å²) in [5, 5.41) is 8.24. The van der Waals surface area contributed by atoms with Gasteiger partial charge in [0.2, 0.25) is 0 Å². The van der Waals surface area contributed by atoms with Gasteiger partial charge in [0.25, 0.3) is 0 Å². The molecule has 0 saturated heterocycles. The second-order valence-corrected chi connectivity index (χ2v) is 6.14. The van der Waals surface area contributed by atoms with Crippen LogP contribution >= 0.6 is 0 Å². The average Bonchev–Trinajstić information content (AvgIpc) is 2.42. The Morgan fingerprint density at radius 2 is 1.71 bits per heavy atom. The quantitative estimate of drug-likeness (QED) is 0.690. The molecule has 2 rings (SSSR count). The minimum atomic E-state index is -0.178. The molecule has 0 bridgehead atoms. The summed E-state index contributed by atoms with van der Waals surface area (Å²) in [6.45, 7) is 7.96. The van der Waals surface area contributed by atoms with Gasteiger partial charge in [-0.05, 0) is 47.8 Å². The molecule has 0 heterocycles. The first-order valence-corrected chi connectivity index (χ1v) is 6.99. The van der Waals surface area contributed by atoms with Gasteiger partial charge in [-0.3, -0.25) is 4.79 Å². The van der Waals surface area contributed by atoms with Gasteiger partial charge in [-0.15, -0.1) is 0 Å². The molecule has 108 valence electrons. The first-order chi connectivity index (χ1) is 9.88. The SMILES string of the molecule is CC1=C/C(=C/N=Nc2ccccc2)C=C(C(C)(C)C)C1=O. The van der Waals surface area contributed by atoms with E-state index in [1.165, 1.54) is 0 Å². The molecule has 1 aromatic rings. The van der Waals surface area contributed by atoms with Gasteiger partial charge in [-0.1, -0.05) is 39.0 Å². The highest BCUT2D eigenvalue weighted by Crippen LogP contribution is 2.32. The third-order valence-electron chi connectivity index (χ3n) is 3.24. The van der Waals surface area contributed by atoms with Gasteiger partial charge in [-0.25, -0.2) is 0 Å². The van der Waals surface area contributed by atoms with Crippen LogP contribution in [-0.4, -0.2) is 5.78 Å². The molecule has 1 aliphatic carbocycles. The maximum Gasteiger partial charge on any atom is 0.185 e. The summed E-state index contributed by atoms with van der Waals surface area (Å²) in [7, 11) is 0. The van der Waals surface area contributed by atoms with Crippen LogP contribution in [0.15, 0.2) is 75.6 Å². The summed E-state index contributed by atoms with van der Waals surface area (Å²) in [5.74, 6) is 0.111. The average molecular weight is 280 g/mol. The molecule has 0 spiro atoms. The van der Waals surface area contributed by atoms with E-state index in [9.17, 15) is 4.79 Å². The zero-order chi connectivity index (χ0) is 15.5. The Morgan fingerprint density at radius 1 is 1.05 bits per heavy atom. The largest absolute Gasteiger partial charge is 0.289 e. The zero-order valence-corrected chi connectivity index (χ0v) is 12.9. The van der Waals surface area contributed by atoms with Crippen LogP contribution in [-0.2, 0) is 4.79 Å². The number of allylic oxidation sites excluding steroid dienone is 5. The number of Topliss-reactive ketones (excluding diaryl/α,β-unsaturated/α-hetero) is 1. The number of hydrogen-bond donors (Lipinski definition) is 0. The Balaban J connectivity index is 2.27. The number of nitrogens with zero attached hydrogens (tertiary/aromatic N) is 2. The maximum absolute atomic E-state index is 12.2. The van der Waals surface area contributed by atoms with Gasteiger partial charge in [0, 0.05) is 5.57 Å². The van der Waals surface area contributed by atoms with Gasteiger partial charge in [-0.2, -0.15) is 10.2 Å². The van der Waals surface area contributed by atoms with Crippen LogP contribution < -0.4 is 0 Å². The number of azo groups is 1. The lowest BCUT2D eigenvalue weighted by Gasteiger charge is -2.24. The number of hydrogen-bond acceptors (Lipinski definition) is 3. The first kappa shape index (κ1) is 15.1. The van der Waals surface area contributed by atoms with Crippen molar-refractivity contribution in [2.45, 2.75) is 27.7 Å².